The number of hydrogen-bond acceptors (Lipinski definition) is 4. The van der Waals surface area contributed by atoms with Crippen LogP contribution in [0.4, 0.5) is 51.2 Å². The van der Waals surface area contributed by atoms with Gasteiger partial charge in [-0.3, -0.25) is 0 Å². The molecule has 2 aliphatic rings. The summed E-state index contributed by atoms with van der Waals surface area (Å²) < 4.78 is 5.07. The van der Waals surface area contributed by atoms with E-state index >= 15 is 0 Å². The summed E-state index contributed by atoms with van der Waals surface area (Å²) in [6.45, 7) is 27.7. The molecule has 0 unspecified atom stereocenters. The molecule has 11 aromatic carbocycles. The lowest BCUT2D eigenvalue weighted by atomic mass is 9.33. The van der Waals surface area contributed by atoms with Gasteiger partial charge in [0.1, 0.15) is 0 Å². The second-order valence-electron chi connectivity index (χ2n) is 27.7. The van der Waals surface area contributed by atoms with Gasteiger partial charge in [0.2, 0.25) is 0 Å². The summed E-state index contributed by atoms with van der Waals surface area (Å²) in [7, 11) is 0. The summed E-state index contributed by atoms with van der Waals surface area (Å²) in [5, 5.41) is 5.10. The molecule has 0 aliphatic carbocycles. The van der Waals surface area contributed by atoms with Gasteiger partial charge in [0, 0.05) is 82.1 Å². The van der Waals surface area contributed by atoms with E-state index in [1.807, 2.05) is 11.3 Å². The van der Waals surface area contributed by atoms with Crippen LogP contribution in [0.25, 0.3) is 58.8 Å². The number of nitrogens with zero attached hydrogens (tertiary/aromatic N) is 4. The summed E-state index contributed by atoms with van der Waals surface area (Å²) in [6, 6.07) is 85.8. The third kappa shape index (κ3) is 9.00. The van der Waals surface area contributed by atoms with Crippen molar-refractivity contribution < 1.29 is 0 Å². The minimum absolute atomic E-state index is 0.0123. The standard InChI is InChI=1S/C81H73BN4S/c1-50-42-73-77-74(43-50)86(78-51(2)44-54(45-52(78)3)53-26-38-66-65-23-17-19-25-75(65)87-76(66)46-53)72-49-62(37-41-68(72)82(77)67-40-31-57(81(10,11)12)47-71(67)85(73)60-34-29-56(30-35-60)80(7,8)9)83(59-32-27-55(28-33-59)79(4,5)6)61-36-39-64-63-22-16-18-24-69(63)84(70(64)48-61)58-20-14-13-15-21-58/h13-49H,1-12H3. The van der Waals surface area contributed by atoms with Gasteiger partial charge in [-0.1, -0.05) is 178 Å². The van der Waals surface area contributed by atoms with E-state index in [1.54, 1.807) is 0 Å². The highest BCUT2D eigenvalue weighted by atomic mass is 32.1. The lowest BCUT2D eigenvalue weighted by Gasteiger charge is -2.45. The summed E-state index contributed by atoms with van der Waals surface area (Å²) in [5.41, 5.74) is 27.9. The van der Waals surface area contributed by atoms with Crippen molar-refractivity contribution in [1.82, 2.24) is 4.57 Å². The van der Waals surface area contributed by atoms with Gasteiger partial charge >= 0.3 is 0 Å². The predicted octanol–water partition coefficient (Wildman–Crippen LogP) is 21.2. The number of benzene rings is 11. The molecule has 13 aromatic rings. The lowest BCUT2D eigenvalue weighted by Crippen LogP contribution is -2.61. The Kier molecular flexibility index (Phi) is 12.5. The van der Waals surface area contributed by atoms with Crippen LogP contribution in [-0.4, -0.2) is 11.3 Å². The molecule has 2 aromatic heterocycles. The smallest absolute Gasteiger partial charge is 0.252 e. The van der Waals surface area contributed by atoms with Gasteiger partial charge in [-0.2, -0.15) is 0 Å². The van der Waals surface area contributed by atoms with Crippen LogP contribution in [0, 0.1) is 20.8 Å². The van der Waals surface area contributed by atoms with Crippen molar-refractivity contribution in [2.45, 2.75) is 99.3 Å². The molecular formula is C81H73BN4S. The quantitative estimate of drug-likeness (QED) is 0.148. The van der Waals surface area contributed by atoms with Crippen molar-refractivity contribution in [3.05, 3.63) is 258 Å². The highest BCUT2D eigenvalue weighted by Crippen LogP contribution is 2.50. The molecule has 2 aliphatic heterocycles. The molecule has 0 saturated heterocycles. The first-order chi connectivity index (χ1) is 41.8. The van der Waals surface area contributed by atoms with Crippen LogP contribution >= 0.6 is 11.3 Å². The van der Waals surface area contributed by atoms with Crippen LogP contribution in [0.3, 0.4) is 0 Å². The SMILES string of the molecule is Cc1cc2c3c(c1)N(c1c(C)cc(-c4ccc5c(c4)sc4ccccc45)cc1C)c1cc(N(c4ccc(C(C)(C)C)cc4)c4ccc5c6ccccc6n(-c6ccccc6)c5c4)ccc1B3c1ccc(C(C)(C)C)cc1N2c1ccc(C(C)(C)C)cc1. The maximum atomic E-state index is 2.65. The maximum absolute atomic E-state index is 2.65. The monoisotopic (exact) mass is 1140 g/mol. The molecule has 4 heterocycles. The van der Waals surface area contributed by atoms with Crippen molar-refractivity contribution in [1.29, 1.82) is 0 Å². The number of fused-ring (bicyclic) bond motifs is 10. The third-order valence-electron chi connectivity index (χ3n) is 18.7. The number of anilines is 9. The zero-order valence-electron chi connectivity index (χ0n) is 52.1. The summed E-state index contributed by atoms with van der Waals surface area (Å²) in [6.07, 6.45) is 0. The largest absolute Gasteiger partial charge is 0.311 e. The van der Waals surface area contributed by atoms with E-state index in [0.29, 0.717) is 0 Å². The van der Waals surface area contributed by atoms with Crippen molar-refractivity contribution in [2.75, 3.05) is 14.7 Å². The van der Waals surface area contributed by atoms with Gasteiger partial charge in [0.05, 0.1) is 16.7 Å². The van der Waals surface area contributed by atoms with Crippen molar-refractivity contribution in [3.8, 4) is 16.8 Å². The molecule has 0 fully saturated rings. The first-order valence-electron chi connectivity index (χ1n) is 30.9. The Morgan fingerprint density at radius 1 is 0.368 bits per heavy atom. The van der Waals surface area contributed by atoms with Crippen molar-refractivity contribution in [2.24, 2.45) is 0 Å². The van der Waals surface area contributed by atoms with Gasteiger partial charge in [-0.25, -0.2) is 0 Å². The number of aryl methyl sites for hydroxylation is 3. The molecule has 4 nitrogen and oxygen atoms in total. The summed E-state index contributed by atoms with van der Waals surface area (Å²) in [4.78, 5) is 7.73. The van der Waals surface area contributed by atoms with Gasteiger partial charge in [0.15, 0.2) is 0 Å². The predicted molar refractivity (Wildman–Crippen MR) is 378 cm³/mol. The molecule has 0 atom stereocenters. The van der Waals surface area contributed by atoms with Crippen molar-refractivity contribution in [3.63, 3.8) is 0 Å². The van der Waals surface area contributed by atoms with E-state index < -0.39 is 0 Å². The molecule has 0 amide bonds. The first kappa shape index (κ1) is 54.6. The second-order valence-corrected chi connectivity index (χ2v) is 28.8. The van der Waals surface area contributed by atoms with Gasteiger partial charge in [-0.15, -0.1) is 11.3 Å². The van der Waals surface area contributed by atoms with Gasteiger partial charge in [-0.05, 0) is 207 Å². The molecule has 6 heteroatoms. The molecule has 0 radical (unpaired) electrons. The van der Waals surface area contributed by atoms with E-state index in [1.165, 1.54) is 126 Å². The Morgan fingerprint density at radius 2 is 0.897 bits per heavy atom. The van der Waals surface area contributed by atoms with Crippen LogP contribution in [0.15, 0.2) is 224 Å². The van der Waals surface area contributed by atoms with E-state index in [2.05, 4.69) is 327 Å². The molecule has 0 N–H and O–H groups in total. The first-order valence-corrected chi connectivity index (χ1v) is 31.7. The highest BCUT2D eigenvalue weighted by molar-refractivity contribution is 7.25. The van der Waals surface area contributed by atoms with Crippen LogP contribution < -0.4 is 31.1 Å². The number of para-hydroxylation sites is 2. The fourth-order valence-corrected chi connectivity index (χ4v) is 15.4. The van der Waals surface area contributed by atoms with E-state index in [-0.39, 0.29) is 23.0 Å². The maximum Gasteiger partial charge on any atom is 0.252 e. The molecule has 0 saturated carbocycles. The summed E-state index contributed by atoms with van der Waals surface area (Å²) in [5.74, 6) is 0. The molecule has 87 heavy (non-hydrogen) atoms. The average molecular weight is 1150 g/mol. The number of rotatable bonds is 7. The van der Waals surface area contributed by atoms with Crippen molar-refractivity contribution >= 4 is 128 Å². The fraction of sp³-hybridized carbons (Fsp3) is 0.185. The van der Waals surface area contributed by atoms with Gasteiger partial charge in [0.25, 0.3) is 6.71 Å². The molecule has 15 rings (SSSR count). The molecule has 0 bridgehead atoms. The Labute approximate surface area is 517 Å². The van der Waals surface area contributed by atoms with Crippen LogP contribution in [-0.2, 0) is 16.2 Å². The molecule has 426 valence electrons. The summed E-state index contributed by atoms with van der Waals surface area (Å²) >= 11 is 1.88. The topological polar surface area (TPSA) is 14.7 Å². The zero-order chi connectivity index (χ0) is 60.0. The normalized spacial score (nSPS) is 13.2. The number of aromatic nitrogens is 1. The minimum atomic E-state index is -0.0666. The minimum Gasteiger partial charge on any atom is -0.311 e. The highest BCUT2D eigenvalue weighted by Gasteiger charge is 2.45. The number of hydrogen-bond donors (Lipinski definition) is 0. The zero-order valence-corrected chi connectivity index (χ0v) is 53.0. The lowest BCUT2D eigenvalue weighted by molar-refractivity contribution is 0.590. The van der Waals surface area contributed by atoms with Crippen LogP contribution in [0.2, 0.25) is 0 Å². The fourth-order valence-electron chi connectivity index (χ4n) is 14.2. The van der Waals surface area contributed by atoms with E-state index in [4.69, 9.17) is 0 Å². The molecule has 0 spiro atoms. The van der Waals surface area contributed by atoms with E-state index in [0.717, 1.165) is 34.0 Å². The number of thiophene rings is 1. The Hall–Kier alpha value is -9.10. The Bertz CT molecular complexity index is 4890. The van der Waals surface area contributed by atoms with Crippen LogP contribution in [0.5, 0.6) is 0 Å². The third-order valence-corrected chi connectivity index (χ3v) is 19.8. The van der Waals surface area contributed by atoms with Gasteiger partial charge < -0.3 is 19.3 Å². The Balaban J connectivity index is 0.989. The molecular weight excluding hydrogens is 1070 g/mol. The average Bonchev–Trinajstić information content (AvgIpc) is 1.37. The van der Waals surface area contributed by atoms with E-state index in [9.17, 15) is 0 Å². The Morgan fingerprint density at radius 3 is 1.59 bits per heavy atom. The second kappa shape index (κ2) is 20.0. The van der Waals surface area contributed by atoms with Crippen LogP contribution in [0.1, 0.15) is 95.7 Å².